The number of hydrogen-bond donors (Lipinski definition) is 2. The molecular weight excluding hydrogens is 254 g/mol. The second kappa shape index (κ2) is 5.88. The fraction of sp³-hybridized carbons (Fsp3) is 0.333. The van der Waals surface area contributed by atoms with Crippen molar-refractivity contribution < 1.29 is 9.90 Å². The van der Waals surface area contributed by atoms with Gasteiger partial charge in [-0.2, -0.15) is 5.10 Å². The highest BCUT2D eigenvalue weighted by Gasteiger charge is 2.30. The van der Waals surface area contributed by atoms with E-state index in [0.717, 1.165) is 11.3 Å². The van der Waals surface area contributed by atoms with Crippen molar-refractivity contribution in [2.75, 3.05) is 0 Å². The first-order valence-electron chi connectivity index (χ1n) is 6.62. The van der Waals surface area contributed by atoms with Crippen LogP contribution in [-0.4, -0.2) is 26.4 Å². The number of aromatic nitrogens is 2. The summed E-state index contributed by atoms with van der Waals surface area (Å²) in [5.41, 5.74) is 1.03. The van der Waals surface area contributed by atoms with Crippen LogP contribution in [0.25, 0.3) is 5.69 Å². The lowest BCUT2D eigenvalue weighted by molar-refractivity contribution is -0.144. The van der Waals surface area contributed by atoms with E-state index in [0.29, 0.717) is 13.0 Å². The average molecular weight is 273 g/mol. The Kier molecular flexibility index (Phi) is 4.20. The summed E-state index contributed by atoms with van der Waals surface area (Å²) in [5, 5.41) is 16.6. The predicted octanol–water partition coefficient (Wildman–Crippen LogP) is 2.22. The summed E-state index contributed by atoms with van der Waals surface area (Å²) in [4.78, 5) is 11.2. The molecule has 1 unspecified atom stereocenters. The minimum Gasteiger partial charge on any atom is -0.480 e. The van der Waals surface area contributed by atoms with Gasteiger partial charge >= 0.3 is 5.97 Å². The maximum atomic E-state index is 11.2. The van der Waals surface area contributed by atoms with Gasteiger partial charge in [0.15, 0.2) is 0 Å². The standard InChI is InChI=1S/C15H19N3O2/c1-3-15(2,14(19)20)16-9-12-10-17-18(11-12)13-7-5-4-6-8-13/h4-8,10-11,16H,3,9H2,1-2H3,(H,19,20). The molecule has 1 aromatic heterocycles. The number of rotatable bonds is 6. The van der Waals surface area contributed by atoms with Gasteiger partial charge in [0.2, 0.25) is 0 Å². The molecule has 5 heteroatoms. The van der Waals surface area contributed by atoms with Gasteiger partial charge in [-0.25, -0.2) is 4.68 Å². The molecule has 0 radical (unpaired) electrons. The highest BCUT2D eigenvalue weighted by molar-refractivity contribution is 5.78. The number of carboxylic acids is 1. The summed E-state index contributed by atoms with van der Waals surface area (Å²) in [6.45, 7) is 4.02. The van der Waals surface area contributed by atoms with Crippen LogP contribution in [0, 0.1) is 0 Å². The van der Waals surface area contributed by atoms with E-state index in [-0.39, 0.29) is 0 Å². The van der Waals surface area contributed by atoms with Gasteiger partial charge < -0.3 is 5.11 Å². The Morgan fingerprint density at radius 2 is 2.10 bits per heavy atom. The van der Waals surface area contributed by atoms with Gasteiger partial charge in [0, 0.05) is 18.3 Å². The summed E-state index contributed by atoms with van der Waals surface area (Å²) < 4.78 is 1.78. The number of carbonyl (C=O) groups is 1. The number of hydrogen-bond acceptors (Lipinski definition) is 3. The molecule has 1 atom stereocenters. The highest BCUT2D eigenvalue weighted by atomic mass is 16.4. The molecule has 1 heterocycles. The minimum absolute atomic E-state index is 0.476. The third kappa shape index (κ3) is 3.05. The zero-order valence-electron chi connectivity index (χ0n) is 11.7. The molecule has 2 aromatic rings. The van der Waals surface area contributed by atoms with Gasteiger partial charge in [0.1, 0.15) is 5.54 Å². The first-order valence-corrected chi connectivity index (χ1v) is 6.62. The maximum absolute atomic E-state index is 11.2. The molecule has 20 heavy (non-hydrogen) atoms. The first kappa shape index (κ1) is 14.3. The molecule has 0 saturated heterocycles. The van der Waals surface area contributed by atoms with Crippen molar-refractivity contribution >= 4 is 5.97 Å². The molecule has 0 fully saturated rings. The number of aliphatic carboxylic acids is 1. The molecule has 106 valence electrons. The highest BCUT2D eigenvalue weighted by Crippen LogP contribution is 2.12. The third-order valence-electron chi connectivity index (χ3n) is 3.52. The van der Waals surface area contributed by atoms with E-state index >= 15 is 0 Å². The Balaban J connectivity index is 2.06. The summed E-state index contributed by atoms with van der Waals surface area (Å²) >= 11 is 0. The van der Waals surface area contributed by atoms with Crippen LogP contribution in [0.15, 0.2) is 42.7 Å². The van der Waals surface area contributed by atoms with E-state index < -0.39 is 11.5 Å². The molecule has 1 aromatic carbocycles. The van der Waals surface area contributed by atoms with Crippen LogP contribution in [0.1, 0.15) is 25.8 Å². The fourth-order valence-electron chi connectivity index (χ4n) is 1.82. The van der Waals surface area contributed by atoms with Crippen LogP contribution in [0.2, 0.25) is 0 Å². The molecule has 0 saturated carbocycles. The van der Waals surface area contributed by atoms with Gasteiger partial charge in [0.05, 0.1) is 11.9 Å². The Morgan fingerprint density at radius 1 is 1.40 bits per heavy atom. The average Bonchev–Trinajstić information content (AvgIpc) is 2.94. The van der Waals surface area contributed by atoms with E-state index in [2.05, 4.69) is 10.4 Å². The molecule has 2 N–H and O–H groups in total. The van der Waals surface area contributed by atoms with Gasteiger partial charge in [-0.3, -0.25) is 10.1 Å². The van der Waals surface area contributed by atoms with Crippen molar-refractivity contribution in [3.63, 3.8) is 0 Å². The minimum atomic E-state index is -0.908. The van der Waals surface area contributed by atoms with E-state index in [4.69, 9.17) is 0 Å². The fourth-order valence-corrected chi connectivity index (χ4v) is 1.82. The monoisotopic (exact) mass is 273 g/mol. The van der Waals surface area contributed by atoms with Crippen molar-refractivity contribution in [1.82, 2.24) is 15.1 Å². The summed E-state index contributed by atoms with van der Waals surface area (Å²) in [6, 6.07) is 9.80. The SMILES string of the molecule is CCC(C)(NCc1cnn(-c2ccccc2)c1)C(=O)O. The molecule has 0 amide bonds. The topological polar surface area (TPSA) is 67.2 Å². The molecule has 5 nitrogen and oxygen atoms in total. The second-order valence-electron chi connectivity index (χ2n) is 4.97. The lowest BCUT2D eigenvalue weighted by Gasteiger charge is -2.24. The quantitative estimate of drug-likeness (QED) is 0.847. The van der Waals surface area contributed by atoms with Crippen LogP contribution < -0.4 is 5.32 Å². The smallest absolute Gasteiger partial charge is 0.323 e. The summed E-state index contributed by atoms with van der Waals surface area (Å²) in [6.07, 6.45) is 4.17. The Morgan fingerprint density at radius 3 is 2.70 bits per heavy atom. The first-order chi connectivity index (χ1) is 9.55. The molecule has 0 spiro atoms. The van der Waals surface area contributed by atoms with Crippen molar-refractivity contribution in [2.24, 2.45) is 0 Å². The molecular formula is C15H19N3O2. The van der Waals surface area contributed by atoms with E-state index in [9.17, 15) is 9.90 Å². The molecule has 0 aliphatic rings. The number of carboxylic acid groups (broad SMARTS) is 1. The third-order valence-corrected chi connectivity index (χ3v) is 3.52. The predicted molar refractivity (Wildman–Crippen MR) is 76.7 cm³/mol. The van der Waals surface area contributed by atoms with E-state index in [1.54, 1.807) is 17.8 Å². The number of nitrogens with one attached hydrogen (secondary N) is 1. The Bertz CT molecular complexity index is 580. The van der Waals surface area contributed by atoms with Crippen LogP contribution in [0.4, 0.5) is 0 Å². The summed E-state index contributed by atoms with van der Waals surface area (Å²) in [5.74, 6) is -0.838. The normalized spacial score (nSPS) is 13.9. The molecule has 0 aliphatic heterocycles. The zero-order valence-corrected chi connectivity index (χ0v) is 11.7. The lowest BCUT2D eigenvalue weighted by Crippen LogP contribution is -2.48. The lowest BCUT2D eigenvalue weighted by atomic mass is 9.99. The Labute approximate surface area is 118 Å². The van der Waals surface area contributed by atoms with Crippen LogP contribution >= 0.6 is 0 Å². The molecule has 0 bridgehead atoms. The van der Waals surface area contributed by atoms with Crippen LogP contribution in [-0.2, 0) is 11.3 Å². The van der Waals surface area contributed by atoms with Crippen molar-refractivity contribution in [3.8, 4) is 5.69 Å². The van der Waals surface area contributed by atoms with Crippen LogP contribution in [0.3, 0.4) is 0 Å². The number of benzene rings is 1. The van der Waals surface area contributed by atoms with E-state index in [1.165, 1.54) is 0 Å². The summed E-state index contributed by atoms with van der Waals surface area (Å²) in [7, 11) is 0. The van der Waals surface area contributed by atoms with Gasteiger partial charge in [-0.1, -0.05) is 25.1 Å². The van der Waals surface area contributed by atoms with Gasteiger partial charge in [-0.05, 0) is 25.5 Å². The second-order valence-corrected chi connectivity index (χ2v) is 4.97. The van der Waals surface area contributed by atoms with Crippen molar-refractivity contribution in [3.05, 3.63) is 48.3 Å². The van der Waals surface area contributed by atoms with Gasteiger partial charge in [0.25, 0.3) is 0 Å². The number of para-hydroxylation sites is 1. The van der Waals surface area contributed by atoms with Gasteiger partial charge in [-0.15, -0.1) is 0 Å². The van der Waals surface area contributed by atoms with Crippen molar-refractivity contribution in [1.29, 1.82) is 0 Å². The van der Waals surface area contributed by atoms with E-state index in [1.807, 2.05) is 43.5 Å². The number of nitrogens with zero attached hydrogens (tertiary/aromatic N) is 2. The van der Waals surface area contributed by atoms with Crippen LogP contribution in [0.5, 0.6) is 0 Å². The largest absolute Gasteiger partial charge is 0.480 e. The Hall–Kier alpha value is -2.14. The van der Waals surface area contributed by atoms with Crippen molar-refractivity contribution in [2.45, 2.75) is 32.4 Å². The zero-order chi connectivity index (χ0) is 14.6. The maximum Gasteiger partial charge on any atom is 0.323 e. The molecule has 2 rings (SSSR count). The molecule has 0 aliphatic carbocycles.